The molecular weight excluding hydrogens is 312 g/mol. The third-order valence-corrected chi connectivity index (χ3v) is 3.78. The lowest BCUT2D eigenvalue weighted by atomic mass is 10.1. The van der Waals surface area contributed by atoms with Crippen molar-refractivity contribution in [3.05, 3.63) is 69.0 Å². The van der Waals surface area contributed by atoms with Crippen LogP contribution in [0.5, 0.6) is 0 Å². The van der Waals surface area contributed by atoms with Crippen LogP contribution in [-0.4, -0.2) is 17.9 Å². The van der Waals surface area contributed by atoms with Crippen LogP contribution in [0, 0.1) is 12.7 Å². The van der Waals surface area contributed by atoms with Crippen molar-refractivity contribution in [1.29, 1.82) is 0 Å². The van der Waals surface area contributed by atoms with Gasteiger partial charge in [-0.3, -0.25) is 4.79 Å². The van der Waals surface area contributed by atoms with Crippen molar-refractivity contribution in [2.45, 2.75) is 13.5 Å². The number of carbonyl (C=O) groups is 1. The van der Waals surface area contributed by atoms with E-state index in [1.54, 1.807) is 44.3 Å². The maximum Gasteiger partial charge on any atom is 0.256 e. The molecule has 0 aliphatic heterocycles. The molecular formula is C16H14Cl2FNO. The van der Waals surface area contributed by atoms with Crippen LogP contribution in [0.2, 0.25) is 10.0 Å². The molecule has 0 aliphatic carbocycles. The minimum Gasteiger partial charge on any atom is -0.337 e. The van der Waals surface area contributed by atoms with E-state index < -0.39 is 5.82 Å². The van der Waals surface area contributed by atoms with Crippen LogP contribution in [0.3, 0.4) is 0 Å². The predicted octanol–water partition coefficient (Wildman–Crippen LogP) is 4.71. The van der Waals surface area contributed by atoms with Crippen LogP contribution in [0.15, 0.2) is 36.4 Å². The summed E-state index contributed by atoms with van der Waals surface area (Å²) in [5, 5.41) is 1.01. The van der Waals surface area contributed by atoms with Crippen molar-refractivity contribution >= 4 is 29.1 Å². The van der Waals surface area contributed by atoms with Gasteiger partial charge < -0.3 is 4.90 Å². The van der Waals surface area contributed by atoms with Gasteiger partial charge in [-0.1, -0.05) is 41.4 Å². The number of rotatable bonds is 3. The van der Waals surface area contributed by atoms with Gasteiger partial charge in [0.2, 0.25) is 0 Å². The third-order valence-electron chi connectivity index (χ3n) is 3.19. The number of hydrogen-bond donors (Lipinski definition) is 0. The molecule has 0 unspecified atom stereocenters. The Hall–Kier alpha value is -1.58. The third kappa shape index (κ3) is 3.55. The molecule has 2 rings (SSSR count). The highest BCUT2D eigenvalue weighted by molar-refractivity contribution is 6.35. The SMILES string of the molecule is Cc1cccc(C(=O)N(C)Cc2ccc(Cl)cc2Cl)c1F. The number of halogens is 3. The van der Waals surface area contributed by atoms with Crippen LogP contribution in [0.1, 0.15) is 21.5 Å². The molecule has 0 aliphatic rings. The van der Waals surface area contributed by atoms with Gasteiger partial charge in [0.1, 0.15) is 5.82 Å². The van der Waals surface area contributed by atoms with E-state index in [1.165, 1.54) is 11.0 Å². The highest BCUT2D eigenvalue weighted by Gasteiger charge is 2.18. The van der Waals surface area contributed by atoms with Crippen molar-refractivity contribution in [3.8, 4) is 0 Å². The van der Waals surface area contributed by atoms with Gasteiger partial charge in [-0.05, 0) is 36.2 Å². The fraction of sp³-hybridized carbons (Fsp3) is 0.188. The molecule has 0 spiro atoms. The Balaban J connectivity index is 2.21. The lowest BCUT2D eigenvalue weighted by molar-refractivity contribution is 0.0780. The fourth-order valence-corrected chi connectivity index (χ4v) is 2.46. The predicted molar refractivity (Wildman–Crippen MR) is 83.4 cm³/mol. The smallest absolute Gasteiger partial charge is 0.256 e. The van der Waals surface area contributed by atoms with Gasteiger partial charge in [0.15, 0.2) is 0 Å². The summed E-state index contributed by atoms with van der Waals surface area (Å²) in [7, 11) is 1.61. The van der Waals surface area contributed by atoms with E-state index >= 15 is 0 Å². The van der Waals surface area contributed by atoms with Crippen LogP contribution in [0.4, 0.5) is 4.39 Å². The Kier molecular flexibility index (Phi) is 4.86. The first-order valence-electron chi connectivity index (χ1n) is 6.34. The van der Waals surface area contributed by atoms with Crippen molar-refractivity contribution in [2.75, 3.05) is 7.05 Å². The average molecular weight is 326 g/mol. The minimum atomic E-state index is -0.489. The van der Waals surface area contributed by atoms with Crippen LogP contribution < -0.4 is 0 Å². The molecule has 21 heavy (non-hydrogen) atoms. The topological polar surface area (TPSA) is 20.3 Å². The molecule has 110 valence electrons. The first kappa shape index (κ1) is 15.8. The van der Waals surface area contributed by atoms with Gasteiger partial charge in [0, 0.05) is 23.6 Å². The molecule has 0 fully saturated rings. The molecule has 2 aromatic carbocycles. The second kappa shape index (κ2) is 6.46. The van der Waals surface area contributed by atoms with Gasteiger partial charge in [-0.15, -0.1) is 0 Å². The second-order valence-corrected chi connectivity index (χ2v) is 5.68. The molecule has 0 saturated carbocycles. The zero-order chi connectivity index (χ0) is 15.6. The Morgan fingerprint density at radius 1 is 1.24 bits per heavy atom. The van der Waals surface area contributed by atoms with E-state index in [9.17, 15) is 9.18 Å². The van der Waals surface area contributed by atoms with E-state index in [0.29, 0.717) is 15.6 Å². The number of benzene rings is 2. The Morgan fingerprint density at radius 3 is 2.62 bits per heavy atom. The Labute approximate surface area is 133 Å². The molecule has 5 heteroatoms. The van der Waals surface area contributed by atoms with E-state index in [0.717, 1.165) is 5.56 Å². The van der Waals surface area contributed by atoms with E-state index in [1.807, 2.05) is 0 Å². The molecule has 0 saturated heterocycles. The summed E-state index contributed by atoms with van der Waals surface area (Å²) < 4.78 is 14.0. The van der Waals surface area contributed by atoms with Gasteiger partial charge in [0.25, 0.3) is 5.91 Å². The summed E-state index contributed by atoms with van der Waals surface area (Å²) in [5.41, 5.74) is 1.26. The summed E-state index contributed by atoms with van der Waals surface area (Å²) in [6.07, 6.45) is 0. The van der Waals surface area contributed by atoms with Crippen LogP contribution in [-0.2, 0) is 6.54 Å². The van der Waals surface area contributed by atoms with Crippen LogP contribution in [0.25, 0.3) is 0 Å². The normalized spacial score (nSPS) is 10.5. The van der Waals surface area contributed by atoms with Crippen molar-refractivity contribution in [1.82, 2.24) is 4.90 Å². The Bertz CT molecular complexity index is 688. The highest BCUT2D eigenvalue weighted by Crippen LogP contribution is 2.23. The molecule has 0 aromatic heterocycles. The summed E-state index contributed by atoms with van der Waals surface area (Å²) in [4.78, 5) is 13.7. The van der Waals surface area contributed by atoms with Gasteiger partial charge in [-0.2, -0.15) is 0 Å². The molecule has 0 N–H and O–H groups in total. The molecule has 0 bridgehead atoms. The van der Waals surface area contributed by atoms with E-state index in [-0.39, 0.29) is 18.0 Å². The summed E-state index contributed by atoms with van der Waals surface area (Å²) in [6.45, 7) is 1.91. The van der Waals surface area contributed by atoms with Gasteiger partial charge in [0.05, 0.1) is 5.56 Å². The summed E-state index contributed by atoms with van der Waals surface area (Å²) in [6, 6.07) is 9.83. The standard InChI is InChI=1S/C16H14Cl2FNO/c1-10-4-3-5-13(15(10)19)16(21)20(2)9-11-6-7-12(17)8-14(11)18/h3-8H,9H2,1-2H3. The van der Waals surface area contributed by atoms with E-state index in [4.69, 9.17) is 23.2 Å². The number of nitrogens with zero attached hydrogens (tertiary/aromatic N) is 1. The number of hydrogen-bond acceptors (Lipinski definition) is 1. The lowest BCUT2D eigenvalue weighted by Gasteiger charge is -2.19. The van der Waals surface area contributed by atoms with Gasteiger partial charge >= 0.3 is 0 Å². The first-order valence-corrected chi connectivity index (χ1v) is 7.10. The monoisotopic (exact) mass is 325 g/mol. The minimum absolute atomic E-state index is 0.0579. The fourth-order valence-electron chi connectivity index (χ4n) is 2.00. The zero-order valence-electron chi connectivity index (χ0n) is 11.7. The largest absolute Gasteiger partial charge is 0.337 e. The van der Waals surface area contributed by atoms with Crippen molar-refractivity contribution < 1.29 is 9.18 Å². The molecule has 0 radical (unpaired) electrons. The highest BCUT2D eigenvalue weighted by atomic mass is 35.5. The van der Waals surface area contributed by atoms with E-state index in [2.05, 4.69) is 0 Å². The number of amides is 1. The van der Waals surface area contributed by atoms with Crippen LogP contribution >= 0.6 is 23.2 Å². The molecule has 0 heterocycles. The summed E-state index contributed by atoms with van der Waals surface area (Å²) in [5.74, 6) is -0.876. The average Bonchev–Trinajstić information content (AvgIpc) is 2.44. The first-order chi connectivity index (χ1) is 9.90. The van der Waals surface area contributed by atoms with Gasteiger partial charge in [-0.25, -0.2) is 4.39 Å². The zero-order valence-corrected chi connectivity index (χ0v) is 13.2. The van der Waals surface area contributed by atoms with Crippen molar-refractivity contribution in [3.63, 3.8) is 0 Å². The molecule has 0 atom stereocenters. The quantitative estimate of drug-likeness (QED) is 0.800. The summed E-state index contributed by atoms with van der Waals surface area (Å²) >= 11 is 11.9. The molecule has 2 nitrogen and oxygen atoms in total. The van der Waals surface area contributed by atoms with Crippen molar-refractivity contribution in [2.24, 2.45) is 0 Å². The Morgan fingerprint density at radius 2 is 1.95 bits per heavy atom. The second-order valence-electron chi connectivity index (χ2n) is 4.83. The number of aryl methyl sites for hydroxylation is 1. The maximum absolute atomic E-state index is 14.0. The lowest BCUT2D eigenvalue weighted by Crippen LogP contribution is -2.27. The maximum atomic E-state index is 14.0. The molecule has 1 amide bonds. The molecule has 2 aromatic rings. The number of carbonyl (C=O) groups excluding carboxylic acids is 1.